The maximum absolute atomic E-state index is 12.1. The number of carbonyl (C=O) groups excluding carboxylic acids is 1. The number of piperidine rings is 1. The van der Waals surface area contributed by atoms with Crippen LogP contribution in [0.15, 0.2) is 22.4 Å². The van der Waals surface area contributed by atoms with Crippen LogP contribution in [0.3, 0.4) is 0 Å². The van der Waals surface area contributed by atoms with Gasteiger partial charge in [-0.05, 0) is 19.4 Å². The molecule has 1 atom stereocenters. The lowest BCUT2D eigenvalue weighted by Gasteiger charge is -2.38. The molecule has 2 aromatic heterocycles. The Hall–Kier alpha value is -1.93. The van der Waals surface area contributed by atoms with E-state index in [9.17, 15) is 9.59 Å². The minimum atomic E-state index is -0.411. The second-order valence-electron chi connectivity index (χ2n) is 6.36. The summed E-state index contributed by atoms with van der Waals surface area (Å²) in [6.45, 7) is 2.85. The van der Waals surface area contributed by atoms with E-state index < -0.39 is 5.60 Å². The number of thiazole rings is 1. The lowest BCUT2D eigenvalue weighted by molar-refractivity contribution is -0.0116. The Morgan fingerprint density at radius 3 is 3.04 bits per heavy atom. The summed E-state index contributed by atoms with van der Waals surface area (Å²) in [4.78, 5) is 32.9. The van der Waals surface area contributed by atoms with Crippen molar-refractivity contribution in [2.75, 3.05) is 26.7 Å². The minimum absolute atomic E-state index is 0.0509. The van der Waals surface area contributed by atoms with Crippen molar-refractivity contribution in [1.82, 2.24) is 19.2 Å². The summed E-state index contributed by atoms with van der Waals surface area (Å²) >= 11 is 1.45. The predicted molar refractivity (Wildman–Crippen MR) is 85.7 cm³/mol. The molecule has 0 saturated carbocycles. The zero-order valence-corrected chi connectivity index (χ0v) is 13.7. The van der Waals surface area contributed by atoms with Crippen molar-refractivity contribution in [3.63, 3.8) is 0 Å². The molecule has 2 aromatic rings. The number of aromatic nitrogens is 2. The van der Waals surface area contributed by atoms with Gasteiger partial charge in [0.25, 0.3) is 5.56 Å². The molecule has 0 N–H and O–H groups in total. The number of hydrogen-bond acceptors (Lipinski definition) is 6. The van der Waals surface area contributed by atoms with Crippen LogP contribution in [-0.4, -0.2) is 57.6 Å². The number of hydrogen-bond donors (Lipinski definition) is 0. The second kappa shape index (κ2) is 5.31. The average Bonchev–Trinajstić information content (AvgIpc) is 3.05. The van der Waals surface area contributed by atoms with E-state index in [2.05, 4.69) is 9.88 Å². The predicted octanol–water partition coefficient (Wildman–Crippen LogP) is 1.17. The van der Waals surface area contributed by atoms with Gasteiger partial charge in [0.15, 0.2) is 4.96 Å². The normalized spacial score (nSPS) is 25.4. The second-order valence-corrected chi connectivity index (χ2v) is 7.24. The summed E-state index contributed by atoms with van der Waals surface area (Å²) in [5, 5.41) is 1.86. The summed E-state index contributed by atoms with van der Waals surface area (Å²) in [7, 11) is 1.77. The van der Waals surface area contributed by atoms with Gasteiger partial charge in [0.2, 0.25) is 0 Å². The molecule has 2 aliphatic rings. The van der Waals surface area contributed by atoms with Gasteiger partial charge in [0, 0.05) is 37.8 Å². The standard InChI is InChI=1S/C15H18N4O3S/c1-17-9-15(22-14(17)21)3-2-4-18(10-15)8-11-7-12(20)19-5-6-23-13(19)16-11/h5-7H,2-4,8-10H2,1H3/t15-/m0/s1. The molecule has 8 heteroatoms. The minimum Gasteiger partial charge on any atom is -0.440 e. The fourth-order valence-electron chi connectivity index (χ4n) is 3.53. The number of nitrogens with zero attached hydrogens (tertiary/aromatic N) is 4. The lowest BCUT2D eigenvalue weighted by atomic mass is 9.92. The number of likely N-dealkylation sites (tertiary alicyclic amines) is 1. The van der Waals surface area contributed by atoms with E-state index in [0.717, 1.165) is 25.1 Å². The Bertz CT molecular complexity index is 816. The maximum Gasteiger partial charge on any atom is 0.410 e. The van der Waals surface area contributed by atoms with Crippen molar-refractivity contribution >= 4 is 22.4 Å². The Morgan fingerprint density at radius 1 is 1.39 bits per heavy atom. The van der Waals surface area contributed by atoms with Crippen LogP contribution in [0, 0.1) is 0 Å². The molecular formula is C15H18N4O3S. The van der Waals surface area contributed by atoms with Gasteiger partial charge >= 0.3 is 6.09 Å². The van der Waals surface area contributed by atoms with Gasteiger partial charge < -0.3 is 9.64 Å². The lowest BCUT2D eigenvalue weighted by Crippen LogP contribution is -2.50. The summed E-state index contributed by atoms with van der Waals surface area (Å²) < 4.78 is 7.17. The molecule has 23 heavy (non-hydrogen) atoms. The molecule has 2 saturated heterocycles. The molecule has 122 valence electrons. The van der Waals surface area contributed by atoms with E-state index in [1.54, 1.807) is 28.6 Å². The first-order chi connectivity index (χ1) is 11.0. The highest BCUT2D eigenvalue weighted by Gasteiger charge is 2.46. The number of carbonyl (C=O) groups is 1. The van der Waals surface area contributed by atoms with Crippen LogP contribution in [0.1, 0.15) is 18.5 Å². The van der Waals surface area contributed by atoms with E-state index in [0.29, 0.717) is 24.6 Å². The third-order valence-electron chi connectivity index (χ3n) is 4.50. The van der Waals surface area contributed by atoms with Crippen LogP contribution in [0.5, 0.6) is 0 Å². The Labute approximate surface area is 137 Å². The van der Waals surface area contributed by atoms with Crippen molar-refractivity contribution in [1.29, 1.82) is 0 Å². The molecule has 2 aliphatic heterocycles. The number of fused-ring (bicyclic) bond motifs is 1. The molecule has 0 unspecified atom stereocenters. The first-order valence-electron chi connectivity index (χ1n) is 7.67. The van der Waals surface area contributed by atoms with Gasteiger partial charge in [-0.2, -0.15) is 0 Å². The quantitative estimate of drug-likeness (QED) is 0.825. The fraction of sp³-hybridized carbons (Fsp3) is 0.533. The highest BCUT2D eigenvalue weighted by Crippen LogP contribution is 2.31. The Morgan fingerprint density at radius 2 is 2.26 bits per heavy atom. The Balaban J connectivity index is 1.54. The van der Waals surface area contributed by atoms with E-state index in [1.807, 2.05) is 5.38 Å². The molecule has 0 radical (unpaired) electrons. The molecule has 1 spiro atoms. The van der Waals surface area contributed by atoms with Gasteiger partial charge in [-0.1, -0.05) is 0 Å². The monoisotopic (exact) mass is 334 g/mol. The zero-order chi connectivity index (χ0) is 16.0. The van der Waals surface area contributed by atoms with Gasteiger partial charge in [0.1, 0.15) is 5.60 Å². The molecule has 4 rings (SSSR count). The zero-order valence-electron chi connectivity index (χ0n) is 12.9. The molecule has 0 aliphatic carbocycles. The van der Waals surface area contributed by atoms with Crippen molar-refractivity contribution in [2.45, 2.75) is 25.0 Å². The first kappa shape index (κ1) is 14.6. The van der Waals surface area contributed by atoms with Crippen LogP contribution in [0.25, 0.3) is 4.96 Å². The van der Waals surface area contributed by atoms with Crippen molar-refractivity contribution in [3.05, 3.63) is 33.7 Å². The van der Waals surface area contributed by atoms with E-state index in [4.69, 9.17) is 4.74 Å². The molecule has 7 nitrogen and oxygen atoms in total. The number of likely N-dealkylation sites (N-methyl/N-ethyl adjacent to an activating group) is 1. The van der Waals surface area contributed by atoms with Crippen LogP contribution in [0.2, 0.25) is 0 Å². The third-order valence-corrected chi connectivity index (χ3v) is 5.26. The van der Waals surface area contributed by atoms with Crippen LogP contribution < -0.4 is 5.56 Å². The number of amides is 1. The SMILES string of the molecule is CN1C[C@]2(CCCN(Cc3cc(=O)n4ccsc4n3)C2)OC1=O. The van der Waals surface area contributed by atoms with Gasteiger partial charge in [-0.25, -0.2) is 9.78 Å². The molecule has 1 amide bonds. The molecule has 0 bridgehead atoms. The molecule has 4 heterocycles. The summed E-state index contributed by atoms with van der Waals surface area (Å²) in [6, 6.07) is 1.59. The van der Waals surface area contributed by atoms with Crippen molar-refractivity contribution in [2.24, 2.45) is 0 Å². The van der Waals surface area contributed by atoms with E-state index in [-0.39, 0.29) is 11.7 Å². The third kappa shape index (κ3) is 2.61. The van der Waals surface area contributed by atoms with E-state index in [1.165, 1.54) is 11.3 Å². The summed E-state index contributed by atoms with van der Waals surface area (Å²) in [5.41, 5.74) is 0.309. The highest BCUT2D eigenvalue weighted by molar-refractivity contribution is 7.15. The van der Waals surface area contributed by atoms with Gasteiger partial charge in [0.05, 0.1) is 12.2 Å². The number of ether oxygens (including phenoxy) is 1. The molecule has 0 aromatic carbocycles. The summed E-state index contributed by atoms with van der Waals surface area (Å²) in [6.07, 6.45) is 3.35. The van der Waals surface area contributed by atoms with Gasteiger partial charge in [-0.3, -0.25) is 14.1 Å². The Kier molecular flexibility index (Phi) is 3.38. The largest absolute Gasteiger partial charge is 0.440 e. The first-order valence-corrected chi connectivity index (χ1v) is 8.55. The average molecular weight is 334 g/mol. The molecule has 2 fully saturated rings. The van der Waals surface area contributed by atoms with Crippen molar-refractivity contribution < 1.29 is 9.53 Å². The summed E-state index contributed by atoms with van der Waals surface area (Å²) in [5.74, 6) is 0. The van der Waals surface area contributed by atoms with Crippen LogP contribution in [0.4, 0.5) is 4.79 Å². The number of rotatable bonds is 2. The van der Waals surface area contributed by atoms with E-state index >= 15 is 0 Å². The highest BCUT2D eigenvalue weighted by atomic mass is 32.1. The maximum atomic E-state index is 12.1. The van der Waals surface area contributed by atoms with Crippen LogP contribution in [-0.2, 0) is 11.3 Å². The topological polar surface area (TPSA) is 67.2 Å². The van der Waals surface area contributed by atoms with Gasteiger partial charge in [-0.15, -0.1) is 11.3 Å². The smallest absolute Gasteiger partial charge is 0.410 e. The van der Waals surface area contributed by atoms with Crippen molar-refractivity contribution in [3.8, 4) is 0 Å². The molecular weight excluding hydrogens is 316 g/mol. The van der Waals surface area contributed by atoms with Crippen LogP contribution >= 0.6 is 11.3 Å². The fourth-order valence-corrected chi connectivity index (χ4v) is 4.27.